The zero-order valence-corrected chi connectivity index (χ0v) is 20.1. The number of aromatic nitrogens is 1. The molecule has 0 saturated carbocycles. The molecule has 36 heavy (non-hydrogen) atoms. The van der Waals surface area contributed by atoms with E-state index in [4.69, 9.17) is 4.74 Å². The number of fused-ring (bicyclic) bond motifs is 2. The van der Waals surface area contributed by atoms with E-state index in [1.807, 2.05) is 37.3 Å². The standard InChI is InChI=1S/C29H26FN3O3/c1-17-3-8-21(34)16-25(17)32-24-11-12-31-29-28(24)26(35)15-20-13-18(6-9-23(20)33-29)4-5-19-7-10-27(36-2)22(30)14-19/h3,6-14,16,34H,4-5,15H2,1-2H3,(H2,31,32,33). The third-order valence-corrected chi connectivity index (χ3v) is 6.41. The minimum Gasteiger partial charge on any atom is -0.508 e. The Kier molecular flexibility index (Phi) is 6.29. The van der Waals surface area contributed by atoms with Crippen LogP contribution >= 0.6 is 0 Å². The molecule has 0 amide bonds. The van der Waals surface area contributed by atoms with Crippen LogP contribution in [-0.2, 0) is 19.3 Å². The van der Waals surface area contributed by atoms with E-state index in [1.165, 1.54) is 13.2 Å². The van der Waals surface area contributed by atoms with Gasteiger partial charge in [0.2, 0.25) is 0 Å². The number of anilines is 4. The van der Waals surface area contributed by atoms with Crippen LogP contribution < -0.4 is 15.4 Å². The average Bonchev–Trinajstić information content (AvgIpc) is 3.00. The van der Waals surface area contributed by atoms with Gasteiger partial charge in [-0.3, -0.25) is 4.79 Å². The maximum Gasteiger partial charge on any atom is 0.173 e. The molecule has 3 aromatic carbocycles. The predicted molar refractivity (Wildman–Crippen MR) is 138 cm³/mol. The van der Waals surface area contributed by atoms with Crippen molar-refractivity contribution in [3.8, 4) is 11.5 Å². The van der Waals surface area contributed by atoms with Crippen LogP contribution in [0, 0.1) is 12.7 Å². The smallest absolute Gasteiger partial charge is 0.173 e. The van der Waals surface area contributed by atoms with Gasteiger partial charge in [-0.25, -0.2) is 9.37 Å². The van der Waals surface area contributed by atoms with Gasteiger partial charge < -0.3 is 20.5 Å². The van der Waals surface area contributed by atoms with Crippen LogP contribution in [0.2, 0.25) is 0 Å². The van der Waals surface area contributed by atoms with Gasteiger partial charge in [-0.05, 0) is 72.4 Å². The molecule has 7 heteroatoms. The highest BCUT2D eigenvalue weighted by Gasteiger charge is 2.24. The Bertz CT molecular complexity index is 1470. The summed E-state index contributed by atoms with van der Waals surface area (Å²) in [5, 5.41) is 16.5. The number of halogens is 1. The number of pyridine rings is 1. The summed E-state index contributed by atoms with van der Waals surface area (Å²) in [5.74, 6) is 0.434. The number of phenols is 1. The van der Waals surface area contributed by atoms with E-state index < -0.39 is 0 Å². The fourth-order valence-corrected chi connectivity index (χ4v) is 4.45. The normalized spacial score (nSPS) is 12.2. The highest BCUT2D eigenvalue weighted by Crippen LogP contribution is 2.35. The number of ketones is 1. The fraction of sp³-hybridized carbons (Fsp3) is 0.172. The van der Waals surface area contributed by atoms with Crippen molar-refractivity contribution in [3.63, 3.8) is 0 Å². The first kappa shape index (κ1) is 23.4. The molecule has 182 valence electrons. The largest absolute Gasteiger partial charge is 0.508 e. The molecular weight excluding hydrogens is 457 g/mol. The number of aryl methyl sites for hydroxylation is 3. The van der Waals surface area contributed by atoms with E-state index in [1.54, 1.807) is 30.5 Å². The van der Waals surface area contributed by atoms with E-state index in [2.05, 4.69) is 15.6 Å². The lowest BCUT2D eigenvalue weighted by Crippen LogP contribution is -2.08. The highest BCUT2D eigenvalue weighted by atomic mass is 19.1. The third-order valence-electron chi connectivity index (χ3n) is 6.41. The zero-order chi connectivity index (χ0) is 25.2. The minimum atomic E-state index is -0.373. The Morgan fingerprint density at radius 1 is 1.03 bits per heavy atom. The molecule has 0 fully saturated rings. The molecule has 5 rings (SSSR count). The van der Waals surface area contributed by atoms with Crippen LogP contribution in [-0.4, -0.2) is 23.0 Å². The lowest BCUT2D eigenvalue weighted by Gasteiger charge is -2.15. The van der Waals surface area contributed by atoms with Crippen molar-refractivity contribution < 1.29 is 19.0 Å². The lowest BCUT2D eigenvalue weighted by atomic mass is 9.98. The summed E-state index contributed by atoms with van der Waals surface area (Å²) in [7, 11) is 1.45. The fourth-order valence-electron chi connectivity index (χ4n) is 4.45. The van der Waals surface area contributed by atoms with Gasteiger partial charge >= 0.3 is 0 Å². The number of aromatic hydroxyl groups is 1. The Morgan fingerprint density at radius 2 is 1.81 bits per heavy atom. The third kappa shape index (κ3) is 4.73. The van der Waals surface area contributed by atoms with E-state index in [9.17, 15) is 14.3 Å². The molecule has 0 aliphatic carbocycles. The molecule has 0 radical (unpaired) electrons. The number of benzene rings is 3. The van der Waals surface area contributed by atoms with Crippen molar-refractivity contribution in [3.05, 3.63) is 100 Å². The van der Waals surface area contributed by atoms with Crippen molar-refractivity contribution >= 4 is 28.7 Å². The summed E-state index contributed by atoms with van der Waals surface area (Å²) >= 11 is 0. The lowest BCUT2D eigenvalue weighted by molar-refractivity contribution is 0.0995. The number of ether oxygens (including phenoxy) is 1. The van der Waals surface area contributed by atoms with Gasteiger partial charge in [0.05, 0.1) is 18.4 Å². The maximum atomic E-state index is 14.0. The Morgan fingerprint density at radius 3 is 2.58 bits per heavy atom. The molecule has 6 nitrogen and oxygen atoms in total. The van der Waals surface area contributed by atoms with Gasteiger partial charge in [-0.2, -0.15) is 0 Å². The molecule has 0 atom stereocenters. The van der Waals surface area contributed by atoms with Crippen molar-refractivity contribution in [1.82, 2.24) is 4.98 Å². The zero-order valence-electron chi connectivity index (χ0n) is 20.1. The first-order chi connectivity index (χ1) is 17.4. The van der Waals surface area contributed by atoms with Crippen LogP contribution in [0.25, 0.3) is 0 Å². The molecule has 3 N–H and O–H groups in total. The van der Waals surface area contributed by atoms with E-state index >= 15 is 0 Å². The first-order valence-corrected chi connectivity index (χ1v) is 11.7. The number of hydrogen-bond donors (Lipinski definition) is 3. The number of phenolic OH excluding ortho intramolecular Hbond substituents is 1. The van der Waals surface area contributed by atoms with E-state index in [-0.39, 0.29) is 29.5 Å². The summed E-state index contributed by atoms with van der Waals surface area (Å²) in [6, 6.07) is 17.8. The molecular formula is C29H26FN3O3. The maximum absolute atomic E-state index is 14.0. The Balaban J connectivity index is 1.38. The molecule has 0 saturated heterocycles. The second-order valence-electron chi connectivity index (χ2n) is 8.89. The SMILES string of the molecule is COc1ccc(CCc2ccc3c(c2)CC(=O)c2c(Nc4cc(O)ccc4C)ccnc2N3)cc1F. The second kappa shape index (κ2) is 9.70. The number of Topliss-reactive ketones (excluding diaryl/α,β-unsaturated/α-hetero) is 1. The summed E-state index contributed by atoms with van der Waals surface area (Å²) in [4.78, 5) is 17.8. The number of carbonyl (C=O) groups excluding carboxylic acids is 1. The van der Waals surface area contributed by atoms with Gasteiger partial charge in [0.15, 0.2) is 17.3 Å². The van der Waals surface area contributed by atoms with E-state index in [0.29, 0.717) is 29.9 Å². The van der Waals surface area contributed by atoms with Gasteiger partial charge in [-0.15, -0.1) is 0 Å². The number of carbonyl (C=O) groups is 1. The van der Waals surface area contributed by atoms with Crippen molar-refractivity contribution in [2.24, 2.45) is 0 Å². The summed E-state index contributed by atoms with van der Waals surface area (Å²) in [6.45, 7) is 1.93. The summed E-state index contributed by atoms with van der Waals surface area (Å²) < 4.78 is 19.0. The second-order valence-corrected chi connectivity index (χ2v) is 8.89. The van der Waals surface area contributed by atoms with Crippen LogP contribution in [0.4, 0.5) is 27.3 Å². The molecule has 2 heterocycles. The van der Waals surface area contributed by atoms with Crippen LogP contribution in [0.15, 0.2) is 66.9 Å². The number of nitrogens with zero attached hydrogens (tertiary/aromatic N) is 1. The minimum absolute atomic E-state index is 0.0565. The monoisotopic (exact) mass is 483 g/mol. The molecule has 1 aromatic heterocycles. The van der Waals surface area contributed by atoms with Crippen LogP contribution in [0.5, 0.6) is 11.5 Å². The molecule has 1 aliphatic heterocycles. The molecule has 1 aliphatic rings. The Labute approximate surface area is 208 Å². The number of hydrogen-bond acceptors (Lipinski definition) is 6. The van der Waals surface area contributed by atoms with Crippen LogP contribution in [0.3, 0.4) is 0 Å². The molecule has 0 unspecified atom stereocenters. The van der Waals surface area contributed by atoms with Gasteiger partial charge in [-0.1, -0.05) is 24.3 Å². The highest BCUT2D eigenvalue weighted by molar-refractivity contribution is 6.09. The summed E-state index contributed by atoms with van der Waals surface area (Å²) in [5.41, 5.74) is 6.43. The number of methoxy groups -OCH3 is 1. The first-order valence-electron chi connectivity index (χ1n) is 11.7. The van der Waals surface area contributed by atoms with Gasteiger partial charge in [0, 0.05) is 30.1 Å². The van der Waals surface area contributed by atoms with Gasteiger partial charge in [0.25, 0.3) is 0 Å². The van der Waals surface area contributed by atoms with Crippen molar-refractivity contribution in [2.45, 2.75) is 26.2 Å². The Hall–Kier alpha value is -4.39. The summed E-state index contributed by atoms with van der Waals surface area (Å²) in [6.07, 6.45) is 3.24. The quantitative estimate of drug-likeness (QED) is 0.300. The van der Waals surface area contributed by atoms with Crippen LogP contribution in [0.1, 0.15) is 32.6 Å². The van der Waals surface area contributed by atoms with Crippen molar-refractivity contribution in [2.75, 3.05) is 17.7 Å². The number of rotatable bonds is 6. The van der Waals surface area contributed by atoms with E-state index in [0.717, 1.165) is 33.6 Å². The molecule has 0 bridgehead atoms. The van der Waals surface area contributed by atoms with Gasteiger partial charge in [0.1, 0.15) is 11.6 Å². The topological polar surface area (TPSA) is 83.5 Å². The van der Waals surface area contributed by atoms with Crippen molar-refractivity contribution in [1.29, 1.82) is 0 Å². The molecule has 4 aromatic rings. The number of nitrogens with one attached hydrogen (secondary N) is 2. The molecule has 0 spiro atoms. The predicted octanol–water partition coefficient (Wildman–Crippen LogP) is 6.25. The average molecular weight is 484 g/mol.